The quantitative estimate of drug-likeness (QED) is 0.815. The van der Waals surface area contributed by atoms with Crippen LogP contribution in [0.1, 0.15) is 18.1 Å². The smallest absolute Gasteiger partial charge is 0.237 e. The normalized spacial score (nSPS) is 12.1. The van der Waals surface area contributed by atoms with Gasteiger partial charge in [-0.15, -0.1) is 0 Å². The maximum absolute atomic E-state index is 13.9. The number of rotatable bonds is 7. The van der Waals surface area contributed by atoms with Crippen LogP contribution in [0.2, 0.25) is 5.02 Å². The summed E-state index contributed by atoms with van der Waals surface area (Å²) >= 11 is 6.05. The number of halogens is 2. The molecule has 0 aromatic heterocycles. The van der Waals surface area contributed by atoms with Crippen LogP contribution in [0.5, 0.6) is 5.75 Å². The SMILES string of the molecule is COc1ccc(CNC(=O)C(C)N(C)Cc2c(F)cccc2Cl)cc1. The molecule has 1 amide bonds. The van der Waals surface area contributed by atoms with Crippen molar-refractivity contribution >= 4 is 17.5 Å². The van der Waals surface area contributed by atoms with Crippen molar-refractivity contribution in [1.82, 2.24) is 10.2 Å². The molecule has 0 fully saturated rings. The Labute approximate surface area is 152 Å². The average Bonchev–Trinajstić information content (AvgIpc) is 2.62. The molecule has 0 aliphatic heterocycles. The van der Waals surface area contributed by atoms with E-state index in [4.69, 9.17) is 16.3 Å². The Hall–Kier alpha value is -2.11. The van der Waals surface area contributed by atoms with Gasteiger partial charge in [0.2, 0.25) is 5.91 Å². The van der Waals surface area contributed by atoms with E-state index < -0.39 is 6.04 Å². The number of nitrogens with zero attached hydrogens (tertiary/aromatic N) is 1. The molecule has 2 aromatic carbocycles. The van der Waals surface area contributed by atoms with Gasteiger partial charge in [0.05, 0.1) is 13.2 Å². The number of likely N-dealkylation sites (N-methyl/N-ethyl adjacent to an activating group) is 1. The summed E-state index contributed by atoms with van der Waals surface area (Å²) in [4.78, 5) is 14.1. The van der Waals surface area contributed by atoms with E-state index in [1.807, 2.05) is 24.3 Å². The molecule has 0 aliphatic rings. The standard InChI is InChI=1S/C19H22ClFN2O2/c1-13(23(2)12-16-17(20)5-4-6-18(16)21)19(24)22-11-14-7-9-15(25-3)10-8-14/h4-10,13H,11-12H2,1-3H3,(H,22,24). The molecule has 1 unspecified atom stereocenters. The summed E-state index contributed by atoms with van der Waals surface area (Å²) in [5.74, 6) is 0.265. The fourth-order valence-corrected chi connectivity index (χ4v) is 2.57. The number of ether oxygens (including phenoxy) is 1. The Bertz CT molecular complexity index is 702. The van der Waals surface area contributed by atoms with Gasteiger partial charge < -0.3 is 10.1 Å². The van der Waals surface area contributed by atoms with E-state index in [9.17, 15) is 9.18 Å². The van der Waals surface area contributed by atoms with Crippen molar-refractivity contribution in [2.24, 2.45) is 0 Å². The van der Waals surface area contributed by atoms with Crippen molar-refractivity contribution in [1.29, 1.82) is 0 Å². The third-order valence-electron chi connectivity index (χ3n) is 4.14. The molecule has 0 saturated carbocycles. The van der Waals surface area contributed by atoms with E-state index in [1.165, 1.54) is 6.07 Å². The van der Waals surface area contributed by atoms with Gasteiger partial charge in [0.1, 0.15) is 11.6 Å². The van der Waals surface area contributed by atoms with Crippen LogP contribution in [0.4, 0.5) is 4.39 Å². The van der Waals surface area contributed by atoms with Crippen molar-refractivity contribution in [3.8, 4) is 5.75 Å². The topological polar surface area (TPSA) is 41.6 Å². The van der Waals surface area contributed by atoms with Crippen molar-refractivity contribution in [3.05, 3.63) is 64.4 Å². The number of carbonyl (C=O) groups is 1. The number of benzene rings is 2. The second-order valence-corrected chi connectivity index (χ2v) is 6.26. The first kappa shape index (κ1) is 19.2. The molecular weight excluding hydrogens is 343 g/mol. The van der Waals surface area contributed by atoms with Crippen molar-refractivity contribution < 1.29 is 13.9 Å². The first-order valence-corrected chi connectivity index (χ1v) is 8.34. The van der Waals surface area contributed by atoms with Gasteiger partial charge in [-0.2, -0.15) is 0 Å². The molecule has 25 heavy (non-hydrogen) atoms. The molecule has 0 aliphatic carbocycles. The molecule has 1 N–H and O–H groups in total. The minimum atomic E-state index is -0.422. The zero-order valence-electron chi connectivity index (χ0n) is 14.6. The summed E-state index contributed by atoms with van der Waals surface area (Å²) < 4.78 is 19.0. The van der Waals surface area contributed by atoms with Gasteiger partial charge in [0.25, 0.3) is 0 Å². The largest absolute Gasteiger partial charge is 0.497 e. The van der Waals surface area contributed by atoms with Crippen molar-refractivity contribution in [2.45, 2.75) is 26.1 Å². The third-order valence-corrected chi connectivity index (χ3v) is 4.49. The lowest BCUT2D eigenvalue weighted by atomic mass is 10.1. The molecule has 0 bridgehead atoms. The van der Waals surface area contributed by atoms with Crippen LogP contribution < -0.4 is 10.1 Å². The van der Waals surface area contributed by atoms with E-state index in [0.29, 0.717) is 17.1 Å². The molecule has 0 heterocycles. The van der Waals surface area contributed by atoms with Crippen LogP contribution in [-0.2, 0) is 17.9 Å². The lowest BCUT2D eigenvalue weighted by Gasteiger charge is -2.24. The minimum absolute atomic E-state index is 0.134. The first-order chi connectivity index (χ1) is 11.9. The van der Waals surface area contributed by atoms with E-state index in [2.05, 4.69) is 5.32 Å². The summed E-state index contributed by atoms with van der Waals surface area (Å²) in [7, 11) is 3.37. The number of hydrogen-bond acceptors (Lipinski definition) is 3. The molecule has 4 nitrogen and oxygen atoms in total. The minimum Gasteiger partial charge on any atom is -0.497 e. The van der Waals surface area contributed by atoms with Crippen LogP contribution in [0.3, 0.4) is 0 Å². The molecule has 134 valence electrons. The lowest BCUT2D eigenvalue weighted by Crippen LogP contribution is -2.42. The molecule has 1 atom stereocenters. The highest BCUT2D eigenvalue weighted by molar-refractivity contribution is 6.31. The van der Waals surface area contributed by atoms with E-state index in [-0.39, 0.29) is 18.3 Å². The third kappa shape index (κ3) is 5.18. The maximum atomic E-state index is 13.9. The number of carbonyl (C=O) groups excluding carboxylic acids is 1. The number of hydrogen-bond donors (Lipinski definition) is 1. The van der Waals surface area contributed by atoms with Crippen LogP contribution in [0, 0.1) is 5.82 Å². The highest BCUT2D eigenvalue weighted by Gasteiger charge is 2.20. The number of amides is 1. The number of methoxy groups -OCH3 is 1. The molecule has 0 spiro atoms. The zero-order chi connectivity index (χ0) is 18.4. The fourth-order valence-electron chi connectivity index (χ4n) is 2.35. The molecular formula is C19H22ClFN2O2. The zero-order valence-corrected chi connectivity index (χ0v) is 15.3. The van der Waals surface area contributed by atoms with E-state index in [0.717, 1.165) is 11.3 Å². The Balaban J connectivity index is 1.92. The van der Waals surface area contributed by atoms with Gasteiger partial charge in [-0.3, -0.25) is 9.69 Å². The van der Waals surface area contributed by atoms with E-state index in [1.54, 1.807) is 38.1 Å². The molecule has 0 saturated heterocycles. The monoisotopic (exact) mass is 364 g/mol. The van der Waals surface area contributed by atoms with Gasteiger partial charge in [0.15, 0.2) is 0 Å². The summed E-state index contributed by atoms with van der Waals surface area (Å²) in [6.07, 6.45) is 0. The second-order valence-electron chi connectivity index (χ2n) is 5.86. The fraction of sp³-hybridized carbons (Fsp3) is 0.316. The average molecular weight is 365 g/mol. The lowest BCUT2D eigenvalue weighted by molar-refractivity contribution is -0.125. The maximum Gasteiger partial charge on any atom is 0.237 e. The van der Waals surface area contributed by atoms with E-state index >= 15 is 0 Å². The van der Waals surface area contributed by atoms with Gasteiger partial charge in [0, 0.05) is 23.7 Å². The second kappa shape index (κ2) is 8.83. The van der Waals surface area contributed by atoms with Crippen LogP contribution >= 0.6 is 11.6 Å². The van der Waals surface area contributed by atoms with Crippen molar-refractivity contribution in [3.63, 3.8) is 0 Å². The van der Waals surface area contributed by atoms with Crippen LogP contribution in [0.15, 0.2) is 42.5 Å². The Morgan fingerprint density at radius 1 is 1.28 bits per heavy atom. The van der Waals surface area contributed by atoms with Gasteiger partial charge >= 0.3 is 0 Å². The molecule has 6 heteroatoms. The highest BCUT2D eigenvalue weighted by atomic mass is 35.5. The highest BCUT2D eigenvalue weighted by Crippen LogP contribution is 2.21. The molecule has 0 radical (unpaired) electrons. The molecule has 2 rings (SSSR count). The van der Waals surface area contributed by atoms with Gasteiger partial charge in [-0.25, -0.2) is 4.39 Å². The predicted molar refractivity (Wildman–Crippen MR) is 97.2 cm³/mol. The summed E-state index contributed by atoms with van der Waals surface area (Å²) in [6.45, 7) is 2.45. The molecule has 2 aromatic rings. The Morgan fingerprint density at radius 2 is 1.96 bits per heavy atom. The predicted octanol–water partition coefficient (Wildman–Crippen LogP) is 3.62. The summed E-state index contributed by atoms with van der Waals surface area (Å²) in [6, 6.07) is 11.6. The Kier molecular flexibility index (Phi) is 6.79. The van der Waals surface area contributed by atoms with Gasteiger partial charge in [-0.05, 0) is 43.8 Å². The first-order valence-electron chi connectivity index (χ1n) is 7.96. The van der Waals surface area contributed by atoms with Crippen LogP contribution in [0.25, 0.3) is 0 Å². The van der Waals surface area contributed by atoms with Crippen molar-refractivity contribution in [2.75, 3.05) is 14.2 Å². The number of nitrogens with one attached hydrogen (secondary N) is 1. The van der Waals surface area contributed by atoms with Crippen LogP contribution in [-0.4, -0.2) is 31.0 Å². The summed E-state index contributed by atoms with van der Waals surface area (Å²) in [5.41, 5.74) is 1.36. The summed E-state index contributed by atoms with van der Waals surface area (Å²) in [5, 5.41) is 3.24. The Morgan fingerprint density at radius 3 is 2.56 bits per heavy atom. The van der Waals surface area contributed by atoms with Gasteiger partial charge in [-0.1, -0.05) is 29.8 Å².